The third-order valence-corrected chi connectivity index (χ3v) is 2.78. The van der Waals surface area contributed by atoms with Gasteiger partial charge in [-0.1, -0.05) is 13.8 Å². The number of nitrogens with zero attached hydrogens (tertiary/aromatic N) is 2. The van der Waals surface area contributed by atoms with Gasteiger partial charge in [0.1, 0.15) is 5.69 Å². The molecular weight excluding hydrogens is 204 g/mol. The Hall–Kier alpha value is -1.32. The van der Waals surface area contributed by atoms with Gasteiger partial charge < -0.3 is 4.74 Å². The van der Waals surface area contributed by atoms with Gasteiger partial charge in [-0.05, 0) is 18.8 Å². The van der Waals surface area contributed by atoms with Gasteiger partial charge in [-0.25, -0.2) is 4.68 Å². The van der Waals surface area contributed by atoms with Crippen LogP contribution in [0.5, 0.6) is 5.88 Å². The van der Waals surface area contributed by atoms with Crippen LogP contribution in [0.2, 0.25) is 0 Å². The van der Waals surface area contributed by atoms with Gasteiger partial charge in [0.2, 0.25) is 5.88 Å². The monoisotopic (exact) mass is 222 g/mol. The van der Waals surface area contributed by atoms with Crippen LogP contribution in [0.4, 0.5) is 0 Å². The molecule has 0 aliphatic heterocycles. The maximum atomic E-state index is 11.7. The highest BCUT2D eigenvalue weighted by molar-refractivity contribution is 5.95. The quantitative estimate of drug-likeness (QED) is 0.716. The molecule has 0 bridgehead atoms. The molecule has 0 atom stereocenters. The molecule has 1 aromatic rings. The Morgan fingerprint density at radius 3 is 2.88 bits per heavy atom. The van der Waals surface area contributed by atoms with Gasteiger partial charge in [0.15, 0.2) is 5.78 Å². The van der Waals surface area contributed by atoms with E-state index in [0.717, 1.165) is 6.61 Å². The van der Waals surface area contributed by atoms with Gasteiger partial charge >= 0.3 is 0 Å². The van der Waals surface area contributed by atoms with Crippen LogP contribution in [0.25, 0.3) is 0 Å². The van der Waals surface area contributed by atoms with Crippen LogP contribution in [0.3, 0.4) is 0 Å². The number of carbonyl (C=O) groups excluding carboxylic acids is 1. The molecule has 1 saturated carbocycles. The van der Waals surface area contributed by atoms with Crippen molar-refractivity contribution < 1.29 is 9.53 Å². The lowest BCUT2D eigenvalue weighted by atomic mass is 10.1. The Balaban J connectivity index is 2.04. The summed E-state index contributed by atoms with van der Waals surface area (Å²) >= 11 is 0. The van der Waals surface area contributed by atoms with Gasteiger partial charge in [-0.3, -0.25) is 4.79 Å². The summed E-state index contributed by atoms with van der Waals surface area (Å²) in [6.07, 6.45) is 2.52. The van der Waals surface area contributed by atoms with Crippen LogP contribution in [-0.2, 0) is 7.05 Å². The average molecular weight is 222 g/mol. The van der Waals surface area contributed by atoms with Crippen LogP contribution in [-0.4, -0.2) is 22.2 Å². The Morgan fingerprint density at radius 2 is 2.31 bits per heavy atom. The lowest BCUT2D eigenvalue weighted by molar-refractivity contribution is 0.0933. The smallest absolute Gasteiger partial charge is 0.212 e. The van der Waals surface area contributed by atoms with Crippen molar-refractivity contribution in [3.05, 3.63) is 11.8 Å². The zero-order chi connectivity index (χ0) is 11.7. The molecule has 2 rings (SSSR count). The molecule has 0 radical (unpaired) electrons. The van der Waals surface area contributed by atoms with E-state index in [1.807, 2.05) is 13.8 Å². The first kappa shape index (κ1) is 11.2. The molecule has 0 aromatic carbocycles. The van der Waals surface area contributed by atoms with Gasteiger partial charge in [-0.2, -0.15) is 5.10 Å². The highest BCUT2D eigenvalue weighted by atomic mass is 16.5. The minimum absolute atomic E-state index is 0.0221. The van der Waals surface area contributed by atoms with E-state index < -0.39 is 0 Å². The van der Waals surface area contributed by atoms with E-state index in [2.05, 4.69) is 5.10 Å². The van der Waals surface area contributed by atoms with Crippen LogP contribution >= 0.6 is 0 Å². The lowest BCUT2D eigenvalue weighted by Gasteiger charge is -2.03. The summed E-state index contributed by atoms with van der Waals surface area (Å²) in [4.78, 5) is 11.7. The molecule has 4 heteroatoms. The third kappa shape index (κ3) is 2.43. The van der Waals surface area contributed by atoms with Crippen molar-refractivity contribution in [2.45, 2.75) is 26.7 Å². The molecule has 0 N–H and O–H groups in total. The topological polar surface area (TPSA) is 44.1 Å². The van der Waals surface area contributed by atoms with Crippen molar-refractivity contribution in [2.24, 2.45) is 18.9 Å². The number of aromatic nitrogens is 2. The molecule has 1 fully saturated rings. The average Bonchev–Trinajstić information content (AvgIpc) is 2.99. The molecule has 1 aliphatic carbocycles. The number of ether oxygens (including phenoxy) is 1. The first-order valence-corrected chi connectivity index (χ1v) is 5.79. The number of hydrogen-bond donors (Lipinski definition) is 0. The number of Topliss-reactive ketones (excluding diaryl/α,β-unsaturated/α-hetero) is 1. The first-order valence-electron chi connectivity index (χ1n) is 5.79. The summed E-state index contributed by atoms with van der Waals surface area (Å²) in [6.45, 7) is 4.50. The third-order valence-electron chi connectivity index (χ3n) is 2.78. The highest BCUT2D eigenvalue weighted by Gasteiger charge is 2.23. The minimum Gasteiger partial charge on any atom is -0.478 e. The molecule has 4 nitrogen and oxygen atoms in total. The normalized spacial score (nSPS) is 15.5. The van der Waals surface area contributed by atoms with Crippen molar-refractivity contribution in [1.29, 1.82) is 0 Å². The molecule has 0 unspecified atom stereocenters. The first-order chi connectivity index (χ1) is 7.58. The van der Waals surface area contributed by atoms with E-state index in [9.17, 15) is 4.79 Å². The van der Waals surface area contributed by atoms with Crippen LogP contribution in [0, 0.1) is 11.8 Å². The summed E-state index contributed by atoms with van der Waals surface area (Å²) < 4.78 is 7.26. The molecular formula is C12H18N2O2. The van der Waals surface area contributed by atoms with Crippen LogP contribution in [0.15, 0.2) is 6.07 Å². The Kier molecular flexibility index (Phi) is 2.99. The molecule has 88 valence electrons. The maximum Gasteiger partial charge on any atom is 0.212 e. The lowest BCUT2D eigenvalue weighted by Crippen LogP contribution is -2.08. The second-order valence-electron chi connectivity index (χ2n) is 4.76. The van der Waals surface area contributed by atoms with Crippen molar-refractivity contribution in [2.75, 3.05) is 6.61 Å². The summed E-state index contributed by atoms with van der Waals surface area (Å²) in [5.74, 6) is 1.44. The second-order valence-corrected chi connectivity index (χ2v) is 4.76. The number of hydrogen-bond acceptors (Lipinski definition) is 3. The molecule has 1 aliphatic rings. The van der Waals surface area contributed by atoms with E-state index >= 15 is 0 Å². The summed E-state index contributed by atoms with van der Waals surface area (Å²) in [7, 11) is 1.80. The summed E-state index contributed by atoms with van der Waals surface area (Å²) in [5, 5.41) is 4.17. The van der Waals surface area contributed by atoms with Gasteiger partial charge in [0, 0.05) is 19.0 Å². The van der Waals surface area contributed by atoms with E-state index in [-0.39, 0.29) is 11.7 Å². The number of rotatable bonds is 5. The van der Waals surface area contributed by atoms with E-state index in [1.54, 1.807) is 17.8 Å². The summed E-state index contributed by atoms with van der Waals surface area (Å²) in [5.41, 5.74) is 0.503. The predicted molar refractivity (Wildman–Crippen MR) is 60.6 cm³/mol. The van der Waals surface area contributed by atoms with Gasteiger partial charge in [-0.15, -0.1) is 0 Å². The minimum atomic E-state index is -0.0221. The molecule has 16 heavy (non-hydrogen) atoms. The molecule has 0 spiro atoms. The molecule has 1 aromatic heterocycles. The van der Waals surface area contributed by atoms with Crippen molar-refractivity contribution in [3.8, 4) is 5.88 Å². The zero-order valence-corrected chi connectivity index (χ0v) is 10.1. The Bertz CT molecular complexity index is 392. The zero-order valence-electron chi connectivity index (χ0n) is 10.1. The van der Waals surface area contributed by atoms with Crippen molar-refractivity contribution >= 4 is 5.78 Å². The molecule has 1 heterocycles. The van der Waals surface area contributed by atoms with E-state index in [1.165, 1.54) is 12.8 Å². The number of ketones is 1. The molecule has 0 saturated heterocycles. The van der Waals surface area contributed by atoms with E-state index in [0.29, 0.717) is 17.5 Å². The molecule has 0 amide bonds. The predicted octanol–water partition coefficient (Wildman–Crippen LogP) is 2.05. The van der Waals surface area contributed by atoms with Gasteiger partial charge in [0.05, 0.1) is 6.61 Å². The second kappa shape index (κ2) is 4.28. The number of aryl methyl sites for hydroxylation is 1. The van der Waals surface area contributed by atoms with Crippen molar-refractivity contribution in [3.63, 3.8) is 0 Å². The van der Waals surface area contributed by atoms with Crippen molar-refractivity contribution in [1.82, 2.24) is 9.78 Å². The van der Waals surface area contributed by atoms with E-state index in [4.69, 9.17) is 4.74 Å². The fraction of sp³-hybridized carbons (Fsp3) is 0.667. The number of carbonyl (C=O) groups is 1. The Morgan fingerprint density at radius 1 is 1.62 bits per heavy atom. The maximum absolute atomic E-state index is 11.7. The standard InChI is InChI=1S/C12H18N2O2/c1-8(2)12(15)10-6-11(14(3)13-10)16-7-9-4-5-9/h6,8-9H,4-5,7H2,1-3H3. The van der Waals surface area contributed by atoms with Gasteiger partial charge in [0.25, 0.3) is 0 Å². The largest absolute Gasteiger partial charge is 0.478 e. The highest BCUT2D eigenvalue weighted by Crippen LogP contribution is 2.29. The fourth-order valence-electron chi connectivity index (χ4n) is 1.49. The Labute approximate surface area is 95.6 Å². The van der Waals surface area contributed by atoms with Crippen LogP contribution in [0.1, 0.15) is 37.2 Å². The van der Waals surface area contributed by atoms with Crippen LogP contribution < -0.4 is 4.74 Å². The summed E-state index contributed by atoms with van der Waals surface area (Å²) in [6, 6.07) is 1.74. The fourth-order valence-corrected chi connectivity index (χ4v) is 1.49. The SMILES string of the molecule is CC(C)C(=O)c1cc(OCC2CC2)n(C)n1.